The minimum atomic E-state index is -1.15. The van der Waals surface area contributed by atoms with Crippen molar-refractivity contribution in [3.05, 3.63) is 58.4 Å². The highest BCUT2D eigenvalue weighted by atomic mass is 16.4. The number of aromatic nitrogens is 1. The molecule has 0 aromatic carbocycles. The lowest BCUT2D eigenvalue weighted by molar-refractivity contribution is 0.0690. The van der Waals surface area contributed by atoms with Crippen LogP contribution in [0.15, 0.2) is 45.9 Å². The molecule has 0 saturated carbocycles. The fraction of sp³-hybridized carbons (Fsp3) is 0. The van der Waals surface area contributed by atoms with Crippen LogP contribution >= 0.6 is 0 Å². The second kappa shape index (κ2) is 5.13. The molecule has 2 aromatic heterocycles. The molecule has 0 aliphatic heterocycles. The average Bonchev–Trinajstić information content (AvgIpc) is 2.40. The maximum Gasteiger partial charge on any atom is 0.354 e. The third-order valence-corrected chi connectivity index (χ3v) is 2.20. The first kappa shape index (κ1) is 12.5. The third kappa shape index (κ3) is 3.03. The van der Waals surface area contributed by atoms with Crippen LogP contribution in [0.1, 0.15) is 20.8 Å². The van der Waals surface area contributed by atoms with Crippen molar-refractivity contribution in [2.45, 2.75) is 0 Å². The number of amides is 1. The number of carboxylic acids is 1. The number of rotatable bonds is 3. The van der Waals surface area contributed by atoms with Crippen LogP contribution in [-0.2, 0) is 0 Å². The van der Waals surface area contributed by atoms with E-state index in [-0.39, 0.29) is 11.3 Å². The van der Waals surface area contributed by atoms with Gasteiger partial charge in [0.1, 0.15) is 12.0 Å². The van der Waals surface area contributed by atoms with E-state index in [2.05, 4.69) is 14.7 Å². The normalized spacial score (nSPS) is 9.89. The van der Waals surface area contributed by atoms with Gasteiger partial charge in [-0.05, 0) is 18.2 Å². The molecule has 0 spiro atoms. The molecule has 96 valence electrons. The van der Waals surface area contributed by atoms with Gasteiger partial charge in [-0.3, -0.25) is 4.79 Å². The summed E-state index contributed by atoms with van der Waals surface area (Å²) in [5, 5.41) is 11.2. The van der Waals surface area contributed by atoms with Gasteiger partial charge in [0, 0.05) is 6.07 Å². The fourth-order valence-electron chi connectivity index (χ4n) is 1.28. The second-order valence-electron chi connectivity index (χ2n) is 3.53. The standard InChI is InChI=1S/C12H8N2O5/c15-10-4-1-7(6-19-10)11(16)14-8-2-3-9(12(17)18)13-5-8/h1-6H,(H,14,16)(H,17,18). The fourth-order valence-corrected chi connectivity index (χ4v) is 1.28. The molecule has 19 heavy (non-hydrogen) atoms. The number of carbonyl (C=O) groups is 2. The van der Waals surface area contributed by atoms with E-state index < -0.39 is 17.5 Å². The quantitative estimate of drug-likeness (QED) is 0.851. The molecule has 2 heterocycles. The lowest BCUT2D eigenvalue weighted by Gasteiger charge is -2.04. The van der Waals surface area contributed by atoms with E-state index in [1.54, 1.807) is 0 Å². The summed E-state index contributed by atoms with van der Waals surface area (Å²) in [4.78, 5) is 36.7. The highest BCUT2D eigenvalue weighted by Gasteiger charge is 2.08. The molecule has 7 heteroatoms. The van der Waals surface area contributed by atoms with Crippen LogP contribution in [0.25, 0.3) is 0 Å². The van der Waals surface area contributed by atoms with Crippen LogP contribution < -0.4 is 10.9 Å². The third-order valence-electron chi connectivity index (χ3n) is 2.20. The van der Waals surface area contributed by atoms with Gasteiger partial charge in [0.15, 0.2) is 0 Å². The Kier molecular flexibility index (Phi) is 3.37. The summed E-state index contributed by atoms with van der Waals surface area (Å²) in [5.41, 5.74) is -0.171. The smallest absolute Gasteiger partial charge is 0.354 e. The number of hydrogen-bond acceptors (Lipinski definition) is 5. The predicted molar refractivity (Wildman–Crippen MR) is 64.1 cm³/mol. The van der Waals surface area contributed by atoms with E-state index in [4.69, 9.17) is 5.11 Å². The summed E-state index contributed by atoms with van der Waals surface area (Å²) < 4.78 is 4.56. The molecule has 2 rings (SSSR count). The number of carboxylic acid groups (broad SMARTS) is 1. The highest BCUT2D eigenvalue weighted by molar-refractivity contribution is 6.03. The Hall–Kier alpha value is -2.96. The molecule has 7 nitrogen and oxygen atoms in total. The molecular formula is C12H8N2O5. The van der Waals surface area contributed by atoms with E-state index in [0.29, 0.717) is 5.69 Å². The lowest BCUT2D eigenvalue weighted by Crippen LogP contribution is -2.13. The van der Waals surface area contributed by atoms with Crippen molar-refractivity contribution < 1.29 is 19.1 Å². The van der Waals surface area contributed by atoms with Crippen molar-refractivity contribution in [2.75, 3.05) is 5.32 Å². The largest absolute Gasteiger partial charge is 0.477 e. The summed E-state index contributed by atoms with van der Waals surface area (Å²) in [7, 11) is 0. The Bertz CT molecular complexity index is 655. The van der Waals surface area contributed by atoms with E-state index in [1.165, 1.54) is 24.4 Å². The molecule has 0 radical (unpaired) electrons. The zero-order chi connectivity index (χ0) is 13.8. The summed E-state index contributed by atoms with van der Waals surface area (Å²) in [6.45, 7) is 0. The first-order valence-electron chi connectivity index (χ1n) is 5.16. The van der Waals surface area contributed by atoms with Crippen LogP contribution in [0.4, 0.5) is 5.69 Å². The predicted octanol–water partition coefficient (Wildman–Crippen LogP) is 0.985. The number of pyridine rings is 1. The van der Waals surface area contributed by atoms with Crippen LogP contribution in [0.2, 0.25) is 0 Å². The Morgan fingerprint density at radius 2 is 2.00 bits per heavy atom. The summed E-state index contributed by atoms with van der Waals surface area (Å²) >= 11 is 0. The van der Waals surface area contributed by atoms with Gasteiger partial charge in [0.2, 0.25) is 0 Å². The number of carbonyl (C=O) groups excluding carboxylic acids is 1. The van der Waals surface area contributed by atoms with Gasteiger partial charge in [0.05, 0.1) is 17.4 Å². The maximum absolute atomic E-state index is 11.7. The Morgan fingerprint density at radius 3 is 2.53 bits per heavy atom. The molecule has 0 unspecified atom stereocenters. The zero-order valence-corrected chi connectivity index (χ0v) is 9.49. The summed E-state index contributed by atoms with van der Waals surface area (Å²) in [5.74, 6) is -1.64. The molecule has 2 N–H and O–H groups in total. The van der Waals surface area contributed by atoms with Crippen molar-refractivity contribution in [1.82, 2.24) is 4.98 Å². The first-order valence-corrected chi connectivity index (χ1v) is 5.16. The molecule has 0 aliphatic rings. The van der Waals surface area contributed by atoms with Crippen molar-refractivity contribution in [3.63, 3.8) is 0 Å². The number of aromatic carboxylic acids is 1. The SMILES string of the molecule is O=C(Nc1ccc(C(=O)O)nc1)c1ccc(=O)oc1. The van der Waals surface area contributed by atoms with Gasteiger partial charge in [0.25, 0.3) is 5.91 Å². The van der Waals surface area contributed by atoms with Crippen LogP contribution in [0.5, 0.6) is 0 Å². The minimum absolute atomic E-state index is 0.122. The van der Waals surface area contributed by atoms with Crippen LogP contribution in [-0.4, -0.2) is 22.0 Å². The van der Waals surface area contributed by atoms with Gasteiger partial charge in [-0.25, -0.2) is 14.6 Å². The van der Waals surface area contributed by atoms with Gasteiger partial charge >= 0.3 is 11.6 Å². The van der Waals surface area contributed by atoms with Crippen molar-refractivity contribution in [2.24, 2.45) is 0 Å². The van der Waals surface area contributed by atoms with E-state index in [1.807, 2.05) is 0 Å². The van der Waals surface area contributed by atoms with E-state index >= 15 is 0 Å². The van der Waals surface area contributed by atoms with Crippen LogP contribution in [0.3, 0.4) is 0 Å². The zero-order valence-electron chi connectivity index (χ0n) is 9.49. The molecule has 2 aromatic rings. The minimum Gasteiger partial charge on any atom is -0.477 e. The summed E-state index contributed by atoms with van der Waals surface area (Å²) in [6.07, 6.45) is 2.26. The molecule has 0 atom stereocenters. The first-order chi connectivity index (χ1) is 9.06. The number of hydrogen-bond donors (Lipinski definition) is 2. The number of nitrogens with one attached hydrogen (secondary N) is 1. The molecule has 0 aliphatic carbocycles. The monoisotopic (exact) mass is 260 g/mol. The van der Waals surface area contributed by atoms with Crippen molar-refractivity contribution >= 4 is 17.6 Å². The highest BCUT2D eigenvalue weighted by Crippen LogP contribution is 2.08. The van der Waals surface area contributed by atoms with Crippen molar-refractivity contribution in [3.8, 4) is 0 Å². The Labute approximate surface area is 106 Å². The van der Waals surface area contributed by atoms with Gasteiger partial charge in [-0.2, -0.15) is 0 Å². The van der Waals surface area contributed by atoms with E-state index in [9.17, 15) is 14.4 Å². The second-order valence-corrected chi connectivity index (χ2v) is 3.53. The van der Waals surface area contributed by atoms with E-state index in [0.717, 1.165) is 12.3 Å². The van der Waals surface area contributed by atoms with Gasteiger partial charge in [-0.15, -0.1) is 0 Å². The maximum atomic E-state index is 11.7. The van der Waals surface area contributed by atoms with Crippen LogP contribution in [0, 0.1) is 0 Å². The molecule has 0 bridgehead atoms. The Balaban J connectivity index is 2.12. The lowest BCUT2D eigenvalue weighted by atomic mass is 10.2. The number of anilines is 1. The number of nitrogens with zero attached hydrogens (tertiary/aromatic N) is 1. The van der Waals surface area contributed by atoms with Gasteiger partial charge < -0.3 is 14.8 Å². The van der Waals surface area contributed by atoms with Gasteiger partial charge in [-0.1, -0.05) is 0 Å². The molecule has 0 saturated heterocycles. The topological polar surface area (TPSA) is 110 Å². The van der Waals surface area contributed by atoms with Crippen molar-refractivity contribution in [1.29, 1.82) is 0 Å². The Morgan fingerprint density at radius 1 is 1.21 bits per heavy atom. The molecule has 1 amide bonds. The molecule has 0 fully saturated rings. The average molecular weight is 260 g/mol. The molecular weight excluding hydrogens is 252 g/mol. The summed E-state index contributed by atoms with van der Waals surface area (Å²) in [6, 6.07) is 5.12.